The third-order valence-electron chi connectivity index (χ3n) is 1.69. The van der Waals surface area contributed by atoms with Gasteiger partial charge in [0.2, 0.25) is 0 Å². The van der Waals surface area contributed by atoms with Crippen LogP contribution in [0.25, 0.3) is 0 Å². The van der Waals surface area contributed by atoms with E-state index in [9.17, 15) is 0 Å². The minimum absolute atomic E-state index is 0.0567. The molecule has 0 bridgehead atoms. The van der Waals surface area contributed by atoms with Crippen molar-refractivity contribution in [2.45, 2.75) is 25.5 Å². The first-order chi connectivity index (χ1) is 4.34. The van der Waals surface area contributed by atoms with Crippen LogP contribution >= 0.6 is 0 Å². The van der Waals surface area contributed by atoms with Crippen LogP contribution in [-0.4, -0.2) is 30.2 Å². The second-order valence-electron chi connectivity index (χ2n) is 2.35. The number of ether oxygens (including phenoxy) is 1. The summed E-state index contributed by atoms with van der Waals surface area (Å²) in [5.41, 5.74) is 0. The van der Waals surface area contributed by atoms with Crippen LogP contribution in [0.1, 0.15) is 19.3 Å². The Morgan fingerprint density at radius 1 is 1.56 bits per heavy atom. The van der Waals surface area contributed by atoms with Gasteiger partial charge in [-0.2, -0.15) is 5.06 Å². The van der Waals surface area contributed by atoms with Gasteiger partial charge in [-0.1, -0.05) is 0 Å². The monoisotopic (exact) mass is 131 g/mol. The number of hydrogen-bond donors (Lipinski definition) is 1. The van der Waals surface area contributed by atoms with Crippen molar-refractivity contribution in [1.29, 1.82) is 0 Å². The molecule has 0 amide bonds. The molecule has 0 aromatic rings. The predicted molar refractivity (Wildman–Crippen MR) is 33.1 cm³/mol. The largest absolute Gasteiger partial charge is 0.364 e. The number of hydroxylamine groups is 2. The number of rotatable bonds is 1. The predicted octanol–water partition coefficient (Wildman–Crippen LogP) is 0.834. The highest BCUT2D eigenvalue weighted by Gasteiger charge is 2.18. The van der Waals surface area contributed by atoms with E-state index in [0.29, 0.717) is 0 Å². The van der Waals surface area contributed by atoms with Crippen molar-refractivity contribution in [2.75, 3.05) is 13.7 Å². The van der Waals surface area contributed by atoms with Crippen molar-refractivity contribution in [3.63, 3.8) is 0 Å². The first kappa shape index (κ1) is 6.99. The second-order valence-corrected chi connectivity index (χ2v) is 2.35. The van der Waals surface area contributed by atoms with Gasteiger partial charge in [0.25, 0.3) is 0 Å². The van der Waals surface area contributed by atoms with Gasteiger partial charge in [0, 0.05) is 13.7 Å². The molecule has 1 fully saturated rings. The minimum atomic E-state index is -0.0567. The summed E-state index contributed by atoms with van der Waals surface area (Å²) < 4.78 is 4.98. The van der Waals surface area contributed by atoms with Crippen molar-refractivity contribution in [2.24, 2.45) is 0 Å². The molecule has 1 atom stereocenters. The van der Waals surface area contributed by atoms with Crippen molar-refractivity contribution >= 4 is 0 Å². The summed E-state index contributed by atoms with van der Waals surface area (Å²) >= 11 is 0. The summed E-state index contributed by atoms with van der Waals surface area (Å²) in [6, 6.07) is 0. The molecule has 1 saturated heterocycles. The molecular weight excluding hydrogens is 118 g/mol. The fourth-order valence-electron chi connectivity index (χ4n) is 1.13. The van der Waals surface area contributed by atoms with Gasteiger partial charge < -0.3 is 9.94 Å². The topological polar surface area (TPSA) is 32.7 Å². The second kappa shape index (κ2) is 3.15. The number of piperidine rings is 1. The minimum Gasteiger partial charge on any atom is -0.364 e. The van der Waals surface area contributed by atoms with E-state index in [1.807, 2.05) is 0 Å². The van der Waals surface area contributed by atoms with E-state index in [4.69, 9.17) is 9.94 Å². The molecule has 3 nitrogen and oxygen atoms in total. The molecule has 0 aromatic heterocycles. The van der Waals surface area contributed by atoms with E-state index >= 15 is 0 Å². The number of hydrogen-bond acceptors (Lipinski definition) is 3. The van der Waals surface area contributed by atoms with Crippen LogP contribution in [0.15, 0.2) is 0 Å². The van der Waals surface area contributed by atoms with E-state index < -0.39 is 0 Å². The molecule has 1 N–H and O–H groups in total. The lowest BCUT2D eigenvalue weighted by molar-refractivity contribution is -0.220. The fraction of sp³-hybridized carbons (Fsp3) is 1.00. The number of methoxy groups -OCH3 is 1. The van der Waals surface area contributed by atoms with Crippen LogP contribution in [0.2, 0.25) is 0 Å². The molecule has 9 heavy (non-hydrogen) atoms. The zero-order valence-electron chi connectivity index (χ0n) is 5.71. The SMILES string of the molecule is COC1CCCCN1O. The van der Waals surface area contributed by atoms with E-state index in [-0.39, 0.29) is 6.23 Å². The molecular formula is C6H13NO2. The average molecular weight is 131 g/mol. The summed E-state index contributed by atoms with van der Waals surface area (Å²) in [4.78, 5) is 0. The van der Waals surface area contributed by atoms with Crippen molar-refractivity contribution in [3.05, 3.63) is 0 Å². The van der Waals surface area contributed by atoms with E-state index in [2.05, 4.69) is 0 Å². The van der Waals surface area contributed by atoms with Crippen LogP contribution in [0.5, 0.6) is 0 Å². The highest BCUT2D eigenvalue weighted by Crippen LogP contribution is 2.14. The van der Waals surface area contributed by atoms with Crippen molar-refractivity contribution in [1.82, 2.24) is 5.06 Å². The lowest BCUT2D eigenvalue weighted by atomic mass is 10.1. The summed E-state index contributed by atoms with van der Waals surface area (Å²) in [6.07, 6.45) is 3.14. The van der Waals surface area contributed by atoms with Crippen LogP contribution < -0.4 is 0 Å². The van der Waals surface area contributed by atoms with Crippen LogP contribution in [0.4, 0.5) is 0 Å². The molecule has 1 aliphatic rings. The van der Waals surface area contributed by atoms with Gasteiger partial charge in [-0.15, -0.1) is 0 Å². The first-order valence-corrected chi connectivity index (χ1v) is 3.33. The van der Waals surface area contributed by atoms with Gasteiger partial charge in [-0.3, -0.25) is 0 Å². The van der Waals surface area contributed by atoms with Gasteiger partial charge in [-0.25, -0.2) is 0 Å². The molecule has 1 unspecified atom stereocenters. The van der Waals surface area contributed by atoms with Gasteiger partial charge in [0.15, 0.2) is 0 Å². The van der Waals surface area contributed by atoms with Crippen molar-refractivity contribution < 1.29 is 9.94 Å². The van der Waals surface area contributed by atoms with Gasteiger partial charge in [0.1, 0.15) is 6.23 Å². The Bertz CT molecular complexity index is 87.1. The van der Waals surface area contributed by atoms with Crippen LogP contribution in [0.3, 0.4) is 0 Å². The Kier molecular flexibility index (Phi) is 2.45. The zero-order chi connectivity index (χ0) is 6.69. The van der Waals surface area contributed by atoms with Gasteiger partial charge in [-0.05, 0) is 19.3 Å². The third kappa shape index (κ3) is 1.64. The Hall–Kier alpha value is -0.120. The zero-order valence-corrected chi connectivity index (χ0v) is 5.71. The molecule has 54 valence electrons. The Morgan fingerprint density at radius 2 is 2.33 bits per heavy atom. The van der Waals surface area contributed by atoms with Crippen LogP contribution in [-0.2, 0) is 4.74 Å². The highest BCUT2D eigenvalue weighted by molar-refractivity contribution is 4.61. The molecule has 0 spiro atoms. The fourth-order valence-corrected chi connectivity index (χ4v) is 1.13. The number of nitrogens with zero attached hydrogens (tertiary/aromatic N) is 1. The molecule has 0 radical (unpaired) electrons. The molecule has 1 heterocycles. The molecule has 1 rings (SSSR count). The smallest absolute Gasteiger partial charge is 0.132 e. The van der Waals surface area contributed by atoms with E-state index in [1.54, 1.807) is 7.11 Å². The van der Waals surface area contributed by atoms with E-state index in [1.165, 1.54) is 5.06 Å². The Labute approximate surface area is 55.2 Å². The highest BCUT2D eigenvalue weighted by atomic mass is 16.6. The first-order valence-electron chi connectivity index (χ1n) is 3.33. The lowest BCUT2D eigenvalue weighted by Crippen LogP contribution is -2.37. The molecule has 0 saturated carbocycles. The average Bonchev–Trinajstić information content (AvgIpc) is 1.89. The molecule has 3 heteroatoms. The quantitative estimate of drug-likeness (QED) is 0.572. The molecule has 0 aromatic carbocycles. The lowest BCUT2D eigenvalue weighted by Gasteiger charge is -2.28. The summed E-state index contributed by atoms with van der Waals surface area (Å²) in [5.74, 6) is 0. The van der Waals surface area contributed by atoms with Gasteiger partial charge in [0.05, 0.1) is 0 Å². The van der Waals surface area contributed by atoms with Crippen LogP contribution in [0, 0.1) is 0 Å². The maximum atomic E-state index is 9.08. The third-order valence-corrected chi connectivity index (χ3v) is 1.69. The maximum absolute atomic E-state index is 9.08. The van der Waals surface area contributed by atoms with Gasteiger partial charge >= 0.3 is 0 Å². The molecule has 0 aliphatic carbocycles. The van der Waals surface area contributed by atoms with Crippen molar-refractivity contribution in [3.8, 4) is 0 Å². The standard InChI is InChI=1S/C6H13NO2/c1-9-6-4-2-3-5-7(6)8/h6,8H,2-5H2,1H3. The van der Waals surface area contributed by atoms with E-state index in [0.717, 1.165) is 25.8 Å². The molecule has 1 aliphatic heterocycles. The summed E-state index contributed by atoms with van der Waals surface area (Å²) in [6.45, 7) is 0.749. The normalized spacial score (nSPS) is 30.7. The summed E-state index contributed by atoms with van der Waals surface area (Å²) in [7, 11) is 1.62. The summed E-state index contributed by atoms with van der Waals surface area (Å²) in [5, 5.41) is 10.3. The Balaban J connectivity index is 2.30. The maximum Gasteiger partial charge on any atom is 0.132 e. The Morgan fingerprint density at radius 3 is 2.78 bits per heavy atom.